The first-order valence-corrected chi connectivity index (χ1v) is 27.1. The molecule has 0 radical (unpaired) electrons. The van der Waals surface area contributed by atoms with Crippen molar-refractivity contribution in [3.63, 3.8) is 0 Å². The van der Waals surface area contributed by atoms with Crippen LogP contribution in [0, 0.1) is 30.9 Å². The second-order valence-electron chi connectivity index (χ2n) is 22.0. The number of benzene rings is 4. The van der Waals surface area contributed by atoms with Gasteiger partial charge in [0.1, 0.15) is 33.3 Å². The number of rotatable bonds is 13. The Bertz CT molecular complexity index is 3720. The molecule has 3 amide bonds. The van der Waals surface area contributed by atoms with Gasteiger partial charge in [0, 0.05) is 24.4 Å². The fourth-order valence-electron chi connectivity index (χ4n) is 9.40. The van der Waals surface area contributed by atoms with Gasteiger partial charge < -0.3 is 10.2 Å². The number of amides is 3. The van der Waals surface area contributed by atoms with Crippen molar-refractivity contribution in [2.45, 2.75) is 104 Å². The third-order valence-electron chi connectivity index (χ3n) is 13.6. The number of anilines is 3. The van der Waals surface area contributed by atoms with Crippen molar-refractivity contribution in [1.82, 2.24) is 43.6 Å². The summed E-state index contributed by atoms with van der Waals surface area (Å²) in [7, 11) is 0. The number of aryl methyl sites for hydroxylation is 2. The van der Waals surface area contributed by atoms with E-state index >= 15 is 0 Å². The summed E-state index contributed by atoms with van der Waals surface area (Å²) in [6.45, 7) is 13.2. The van der Waals surface area contributed by atoms with Crippen LogP contribution in [0.2, 0.25) is 5.15 Å². The van der Waals surface area contributed by atoms with E-state index in [4.69, 9.17) is 11.6 Å². The molecular weight excluding hydrogens is 1070 g/mol. The molecule has 6 heterocycles. The van der Waals surface area contributed by atoms with Crippen LogP contribution in [0.3, 0.4) is 0 Å². The van der Waals surface area contributed by atoms with Crippen molar-refractivity contribution >= 4 is 80.7 Å². The van der Waals surface area contributed by atoms with Gasteiger partial charge in [-0.1, -0.05) is 93.0 Å². The van der Waals surface area contributed by atoms with E-state index in [9.17, 15) is 33.4 Å². The minimum absolute atomic E-state index is 0.0140. The Morgan fingerprint density at radius 2 is 1.01 bits per heavy atom. The zero-order chi connectivity index (χ0) is 58.5. The monoisotopic (exact) mass is 1130 g/mol. The molecule has 0 unspecified atom stereocenters. The van der Waals surface area contributed by atoms with Crippen LogP contribution in [-0.2, 0) is 25.6 Å². The van der Waals surface area contributed by atoms with Gasteiger partial charge in [-0.2, -0.15) is 0 Å². The first kappa shape index (κ1) is 57.9. The number of halogens is 3. The highest BCUT2D eigenvalue weighted by molar-refractivity contribution is 6.29. The number of fused-ring (bicyclic) bond motifs is 3. The van der Waals surface area contributed by atoms with Crippen LogP contribution in [0.25, 0.3) is 44.9 Å². The number of imidazole rings is 3. The smallest absolute Gasteiger partial charge is 0.229 e. The molecule has 422 valence electrons. The van der Waals surface area contributed by atoms with Crippen LogP contribution in [0.1, 0.15) is 102 Å². The second-order valence-corrected chi connectivity index (χ2v) is 22.4. The predicted molar refractivity (Wildman–Crippen MR) is 314 cm³/mol. The third-order valence-corrected chi connectivity index (χ3v) is 13.8. The maximum absolute atomic E-state index is 13.4. The van der Waals surface area contributed by atoms with E-state index in [0.717, 1.165) is 35.3 Å². The molecule has 2 atom stereocenters. The largest absolute Gasteiger partial charge is 0.385 e. The van der Waals surface area contributed by atoms with Crippen LogP contribution in [0.5, 0.6) is 0 Å². The summed E-state index contributed by atoms with van der Waals surface area (Å²) in [4.78, 5) is 64.7. The molecule has 5 N–H and O–H groups in total. The molecule has 82 heavy (non-hydrogen) atoms. The summed E-state index contributed by atoms with van der Waals surface area (Å²) in [5, 5.41) is 30.3. The third kappa shape index (κ3) is 13.9. The number of nitrogens with one attached hydrogen (secondary N) is 3. The standard InChI is InChI=1S/C23H21FN4O2.C22H18ClFN4O2.C17H24N4O/c1-15-8-13-19-21(25-15)28(18-11-9-17(24)10-12-18)22(26-19)27-20(29)14-23(2,30)16-6-4-3-5-7-16;1-22(30,14-5-3-2-4-6-14)13-19(29)27-21-25-17-11-12-18(23)26-20(17)28(21)16-9-7-15(24)8-10-16;1-11-8-13-15(18-10-11)21(12-6-5-7-12)16(19-13)20-14(22)9-17(2,3)4/h3-13,30H,14H2,1-2H3,(H,26,27,29);2-12,30H,13H2,1H3,(H,25,27,29);8,10,12H,5-7,9H2,1-4H3,(H,19,20,22)/t23-;22-;/m00./s1. The van der Waals surface area contributed by atoms with E-state index in [1.807, 2.05) is 62.5 Å². The number of carbonyl (C=O) groups excluding carboxylic acids is 3. The van der Waals surface area contributed by atoms with Crippen molar-refractivity contribution in [1.29, 1.82) is 0 Å². The molecule has 1 aliphatic rings. The van der Waals surface area contributed by atoms with E-state index in [2.05, 4.69) is 71.2 Å². The summed E-state index contributed by atoms with van der Waals surface area (Å²) < 4.78 is 32.2. The van der Waals surface area contributed by atoms with Crippen molar-refractivity contribution in [2.24, 2.45) is 5.41 Å². The Balaban J connectivity index is 0.000000150. The average molecular weight is 1130 g/mol. The number of aromatic nitrogens is 9. The molecule has 1 saturated carbocycles. The molecule has 0 aliphatic heterocycles. The number of nitrogens with zero attached hydrogens (tertiary/aromatic N) is 9. The minimum Gasteiger partial charge on any atom is -0.385 e. The van der Waals surface area contributed by atoms with Crippen molar-refractivity contribution in [3.05, 3.63) is 185 Å². The Morgan fingerprint density at radius 1 is 0.561 bits per heavy atom. The zero-order valence-corrected chi connectivity index (χ0v) is 47.2. The first-order chi connectivity index (χ1) is 39.0. The van der Waals surface area contributed by atoms with Gasteiger partial charge in [0.05, 0.1) is 35.4 Å². The normalized spacial score (nSPS) is 13.9. The van der Waals surface area contributed by atoms with Gasteiger partial charge >= 0.3 is 0 Å². The molecule has 10 aromatic rings. The molecule has 20 heteroatoms. The lowest BCUT2D eigenvalue weighted by atomic mass is 9.92. The molecule has 11 rings (SSSR count). The summed E-state index contributed by atoms with van der Waals surface area (Å²) in [5.74, 6) is -0.487. The molecular formula is C62H63ClF2N12O5. The summed E-state index contributed by atoms with van der Waals surface area (Å²) in [6.07, 6.45) is 5.49. The van der Waals surface area contributed by atoms with E-state index in [0.29, 0.717) is 63.2 Å². The van der Waals surface area contributed by atoms with Crippen LogP contribution >= 0.6 is 11.6 Å². The molecule has 4 aromatic carbocycles. The number of hydrogen-bond acceptors (Lipinski definition) is 11. The van der Waals surface area contributed by atoms with Crippen molar-refractivity contribution in [2.75, 3.05) is 16.0 Å². The van der Waals surface area contributed by atoms with E-state index in [1.54, 1.807) is 95.8 Å². The average Bonchev–Trinajstić information content (AvgIpc) is 4.30. The SMILES string of the molecule is C[C@](O)(CC(=O)Nc1nc2ccc(Cl)nc2n1-c1ccc(F)cc1)c1ccccc1.Cc1ccc2nc(NC(=O)C[C@](C)(O)c3ccccc3)n(-c3ccc(F)cc3)c2n1.Cc1cnc2c(c1)nc(NC(=O)CC(C)(C)C)n2C1CCC1. The summed E-state index contributed by atoms with van der Waals surface area (Å²) in [6, 6.07) is 38.9. The minimum atomic E-state index is -1.36. The number of pyridine rings is 3. The van der Waals surface area contributed by atoms with Crippen LogP contribution < -0.4 is 16.0 Å². The molecule has 1 fully saturated rings. The van der Waals surface area contributed by atoms with E-state index in [1.165, 1.54) is 30.7 Å². The highest BCUT2D eigenvalue weighted by Crippen LogP contribution is 2.37. The highest BCUT2D eigenvalue weighted by atomic mass is 35.5. The molecule has 6 aromatic heterocycles. The highest BCUT2D eigenvalue weighted by Gasteiger charge is 2.31. The summed E-state index contributed by atoms with van der Waals surface area (Å²) in [5.41, 5.74) is 5.37. The lowest BCUT2D eigenvalue weighted by molar-refractivity contribution is -0.121. The van der Waals surface area contributed by atoms with E-state index in [-0.39, 0.29) is 47.0 Å². The molecule has 17 nitrogen and oxygen atoms in total. The Hall–Kier alpha value is -8.78. The van der Waals surface area contributed by atoms with Gasteiger partial charge in [-0.3, -0.25) is 44.0 Å². The topological polar surface area (TPSA) is 220 Å². The second kappa shape index (κ2) is 24.1. The van der Waals surface area contributed by atoms with Crippen molar-refractivity contribution < 1.29 is 33.4 Å². The van der Waals surface area contributed by atoms with Crippen LogP contribution in [-0.4, -0.2) is 71.5 Å². The van der Waals surface area contributed by atoms with Gasteiger partial charge in [-0.05, 0) is 148 Å². The molecule has 0 saturated heterocycles. The number of aliphatic hydroxyl groups is 2. The predicted octanol–water partition coefficient (Wildman–Crippen LogP) is 12.4. The Kier molecular flexibility index (Phi) is 17.0. The van der Waals surface area contributed by atoms with Crippen LogP contribution in [0.15, 0.2) is 146 Å². The lowest BCUT2D eigenvalue weighted by Gasteiger charge is -2.28. The zero-order valence-electron chi connectivity index (χ0n) is 46.5. The molecule has 1 aliphatic carbocycles. The van der Waals surface area contributed by atoms with Gasteiger partial charge in [-0.15, -0.1) is 0 Å². The number of carbonyl (C=O) groups is 3. The van der Waals surface area contributed by atoms with Gasteiger partial charge in [0.15, 0.2) is 16.9 Å². The Labute approximate surface area is 477 Å². The van der Waals surface area contributed by atoms with Gasteiger partial charge in [0.2, 0.25) is 35.6 Å². The van der Waals surface area contributed by atoms with Gasteiger partial charge in [-0.25, -0.2) is 38.7 Å². The maximum Gasteiger partial charge on any atom is 0.229 e. The Morgan fingerprint density at radius 3 is 1.49 bits per heavy atom. The molecule has 0 spiro atoms. The fraction of sp³-hybridized carbons (Fsp3) is 0.274. The van der Waals surface area contributed by atoms with Crippen molar-refractivity contribution in [3.8, 4) is 11.4 Å². The quantitative estimate of drug-likeness (QED) is 0.0684. The lowest BCUT2D eigenvalue weighted by Crippen LogP contribution is -2.29. The van der Waals surface area contributed by atoms with Crippen LogP contribution in [0.4, 0.5) is 26.6 Å². The molecule has 0 bridgehead atoms. The first-order valence-electron chi connectivity index (χ1n) is 26.7. The van der Waals surface area contributed by atoms with E-state index < -0.39 is 28.8 Å². The van der Waals surface area contributed by atoms with Gasteiger partial charge in [0.25, 0.3) is 0 Å². The number of hydrogen-bond donors (Lipinski definition) is 5. The maximum atomic E-state index is 13.4. The fourth-order valence-corrected chi connectivity index (χ4v) is 9.54. The summed E-state index contributed by atoms with van der Waals surface area (Å²) >= 11 is 6.04.